The smallest absolute Gasteiger partial charge is 0.244 e. The Kier molecular flexibility index (Phi) is 12.9. The number of nitrogens with one attached hydrogen (secondary N) is 5. The Morgan fingerprint density at radius 3 is 1.20 bits per heavy atom. The van der Waals surface area contributed by atoms with Crippen molar-refractivity contribution in [1.82, 2.24) is 26.6 Å². The molecule has 1 saturated heterocycles. The van der Waals surface area contributed by atoms with Gasteiger partial charge in [-0.3, -0.25) is 24.0 Å². The highest BCUT2D eigenvalue weighted by Crippen LogP contribution is 2.11. The summed E-state index contributed by atoms with van der Waals surface area (Å²) in [4.78, 5) is 65.2. The van der Waals surface area contributed by atoms with Crippen LogP contribution in [0.25, 0.3) is 0 Å². The number of thiol groups is 2. The van der Waals surface area contributed by atoms with Crippen LogP contribution in [0.1, 0.15) is 54.4 Å². The first kappa shape index (κ1) is 31.1. The van der Waals surface area contributed by atoms with Crippen LogP contribution in [0.2, 0.25) is 0 Å². The molecule has 1 rings (SSSR count). The van der Waals surface area contributed by atoms with Crippen LogP contribution < -0.4 is 26.6 Å². The van der Waals surface area contributed by atoms with Crippen LogP contribution >= 0.6 is 25.3 Å². The molecule has 0 aliphatic carbocycles. The Balaban J connectivity index is 3.46. The predicted molar refractivity (Wildman–Crippen MR) is 141 cm³/mol. The van der Waals surface area contributed by atoms with Crippen molar-refractivity contribution in [3.63, 3.8) is 0 Å². The molecular formula is C23H41N5O5S2. The molecule has 0 radical (unpaired) electrons. The highest BCUT2D eigenvalue weighted by atomic mass is 32.1. The molecule has 0 saturated carbocycles. The summed E-state index contributed by atoms with van der Waals surface area (Å²) in [6, 6.07) is -4.85. The van der Waals surface area contributed by atoms with Gasteiger partial charge in [-0.05, 0) is 30.6 Å². The Hall–Kier alpha value is -1.95. The van der Waals surface area contributed by atoms with Gasteiger partial charge in [0.05, 0.1) is 0 Å². The first-order chi connectivity index (χ1) is 16.3. The van der Waals surface area contributed by atoms with Gasteiger partial charge in [-0.25, -0.2) is 0 Å². The molecule has 1 fully saturated rings. The van der Waals surface area contributed by atoms with Gasteiger partial charge in [0.2, 0.25) is 29.5 Å². The Bertz CT molecular complexity index is 777. The normalized spacial score (nSPS) is 27.5. The number of hydrogen-bond donors (Lipinski definition) is 7. The zero-order valence-electron chi connectivity index (χ0n) is 21.4. The fourth-order valence-electron chi connectivity index (χ4n) is 3.66. The molecule has 35 heavy (non-hydrogen) atoms. The standard InChI is InChI=1S/C23H41N5O5S2/c1-11(2)7-14-20(30)26-16(9-34)21(31)27-17(10-35)22(32)28-18(13(5)6)23(33)25-15(8-12(3)4)19(29)24-14/h11-18,34-35H,7-10H2,1-6H3,(H,24,29)(H,25,33)(H,26,30)(H,27,31)(H,28,32)/t14-,15+,16+,17+,18-/m0/s1. The number of hydrogen-bond acceptors (Lipinski definition) is 7. The summed E-state index contributed by atoms with van der Waals surface area (Å²) in [6.07, 6.45) is 0.666. The van der Waals surface area contributed by atoms with E-state index in [9.17, 15) is 24.0 Å². The number of amides is 5. The second kappa shape index (κ2) is 14.6. The SMILES string of the molecule is CC(C)C[C@@H]1NC(=O)[C@@H](CC(C)C)NC(=O)[C@H](C(C)C)NC(=O)[C@@H](CS)NC(=O)[C@@H](CS)NC1=O. The van der Waals surface area contributed by atoms with Crippen LogP contribution in [0.4, 0.5) is 0 Å². The van der Waals surface area contributed by atoms with Crippen molar-refractivity contribution in [2.24, 2.45) is 17.8 Å². The van der Waals surface area contributed by atoms with E-state index in [1.807, 2.05) is 27.7 Å². The minimum atomic E-state index is -1.04. The number of rotatable bonds is 7. The van der Waals surface area contributed by atoms with Gasteiger partial charge < -0.3 is 26.6 Å². The monoisotopic (exact) mass is 531 g/mol. The van der Waals surface area contributed by atoms with Crippen molar-refractivity contribution < 1.29 is 24.0 Å². The lowest BCUT2D eigenvalue weighted by molar-refractivity contribution is -0.134. The highest BCUT2D eigenvalue weighted by Gasteiger charge is 2.35. The van der Waals surface area contributed by atoms with Gasteiger partial charge in [-0.1, -0.05) is 41.5 Å². The fraction of sp³-hybridized carbons (Fsp3) is 0.783. The van der Waals surface area contributed by atoms with E-state index in [1.54, 1.807) is 13.8 Å². The summed E-state index contributed by atoms with van der Waals surface area (Å²) >= 11 is 8.35. The lowest BCUT2D eigenvalue weighted by atomic mass is 9.98. The van der Waals surface area contributed by atoms with Gasteiger partial charge in [-0.2, -0.15) is 25.3 Å². The van der Waals surface area contributed by atoms with Crippen LogP contribution in [0, 0.1) is 17.8 Å². The molecular weight excluding hydrogens is 490 g/mol. The van der Waals surface area contributed by atoms with Crippen molar-refractivity contribution in [3.05, 3.63) is 0 Å². The molecule has 0 aromatic carbocycles. The minimum absolute atomic E-state index is 0.0224. The maximum atomic E-state index is 13.2. The predicted octanol–water partition coefficient (Wildman–Crippen LogP) is 0.0318. The fourth-order valence-corrected chi connectivity index (χ4v) is 4.18. The van der Waals surface area contributed by atoms with Crippen LogP contribution in [0.15, 0.2) is 0 Å². The minimum Gasteiger partial charge on any atom is -0.343 e. The summed E-state index contributed by atoms with van der Waals surface area (Å²) < 4.78 is 0. The van der Waals surface area contributed by atoms with Crippen molar-refractivity contribution in [1.29, 1.82) is 0 Å². The zero-order valence-corrected chi connectivity index (χ0v) is 23.2. The van der Waals surface area contributed by atoms with E-state index in [-0.39, 0.29) is 29.3 Å². The summed E-state index contributed by atoms with van der Waals surface area (Å²) in [6.45, 7) is 11.2. The maximum absolute atomic E-state index is 13.2. The Morgan fingerprint density at radius 2 is 0.857 bits per heavy atom. The van der Waals surface area contributed by atoms with E-state index in [0.717, 1.165) is 0 Å². The van der Waals surface area contributed by atoms with E-state index in [1.165, 1.54) is 0 Å². The molecule has 5 N–H and O–H groups in total. The van der Waals surface area contributed by atoms with Crippen molar-refractivity contribution in [2.75, 3.05) is 11.5 Å². The molecule has 0 spiro atoms. The van der Waals surface area contributed by atoms with Crippen LogP contribution in [0.3, 0.4) is 0 Å². The lowest BCUT2D eigenvalue weighted by Gasteiger charge is -2.28. The second-order valence-electron chi connectivity index (χ2n) is 10.1. The van der Waals surface area contributed by atoms with Crippen molar-refractivity contribution in [3.8, 4) is 0 Å². The summed E-state index contributed by atoms with van der Waals surface area (Å²) in [7, 11) is 0. The molecule has 5 amide bonds. The Morgan fingerprint density at radius 1 is 0.543 bits per heavy atom. The maximum Gasteiger partial charge on any atom is 0.244 e. The first-order valence-electron chi connectivity index (χ1n) is 12.0. The van der Waals surface area contributed by atoms with Gasteiger partial charge in [0, 0.05) is 11.5 Å². The van der Waals surface area contributed by atoms with Gasteiger partial charge in [0.15, 0.2) is 0 Å². The molecule has 1 aliphatic rings. The number of carbonyl (C=O) groups is 5. The molecule has 0 aromatic rings. The van der Waals surface area contributed by atoms with E-state index < -0.39 is 59.7 Å². The molecule has 1 heterocycles. The highest BCUT2D eigenvalue weighted by molar-refractivity contribution is 7.80. The molecule has 0 unspecified atom stereocenters. The second-order valence-corrected chi connectivity index (χ2v) is 10.8. The average Bonchev–Trinajstić information content (AvgIpc) is 2.76. The lowest BCUT2D eigenvalue weighted by Crippen LogP contribution is -2.59. The Labute approximate surface area is 219 Å². The van der Waals surface area contributed by atoms with Gasteiger partial charge >= 0.3 is 0 Å². The molecule has 5 atom stereocenters. The zero-order chi connectivity index (χ0) is 26.9. The van der Waals surface area contributed by atoms with E-state index in [2.05, 4.69) is 51.8 Å². The third-order valence-electron chi connectivity index (χ3n) is 5.56. The quantitative estimate of drug-likeness (QED) is 0.232. The molecule has 1 aliphatic heterocycles. The van der Waals surface area contributed by atoms with E-state index in [4.69, 9.17) is 0 Å². The van der Waals surface area contributed by atoms with Gasteiger partial charge in [-0.15, -0.1) is 0 Å². The van der Waals surface area contributed by atoms with Crippen LogP contribution in [0.5, 0.6) is 0 Å². The number of carbonyl (C=O) groups excluding carboxylic acids is 5. The molecule has 12 heteroatoms. The largest absolute Gasteiger partial charge is 0.343 e. The van der Waals surface area contributed by atoms with Crippen molar-refractivity contribution in [2.45, 2.75) is 84.6 Å². The van der Waals surface area contributed by atoms with Crippen molar-refractivity contribution >= 4 is 54.8 Å². The topological polar surface area (TPSA) is 146 Å². The van der Waals surface area contributed by atoms with E-state index >= 15 is 0 Å². The molecule has 0 aromatic heterocycles. The summed E-state index contributed by atoms with van der Waals surface area (Å²) in [5.74, 6) is -2.98. The molecule has 200 valence electrons. The first-order valence-corrected chi connectivity index (χ1v) is 13.3. The van der Waals surface area contributed by atoms with Crippen LogP contribution in [-0.4, -0.2) is 71.3 Å². The molecule has 10 nitrogen and oxygen atoms in total. The average molecular weight is 532 g/mol. The summed E-state index contributed by atoms with van der Waals surface area (Å²) in [5.41, 5.74) is 0. The van der Waals surface area contributed by atoms with Gasteiger partial charge in [0.25, 0.3) is 0 Å². The summed E-state index contributed by atoms with van der Waals surface area (Å²) in [5, 5.41) is 13.4. The molecule has 0 bridgehead atoms. The third kappa shape index (κ3) is 9.91. The van der Waals surface area contributed by atoms with Gasteiger partial charge in [0.1, 0.15) is 30.2 Å². The third-order valence-corrected chi connectivity index (χ3v) is 6.29. The van der Waals surface area contributed by atoms with Crippen LogP contribution in [-0.2, 0) is 24.0 Å². The van der Waals surface area contributed by atoms with E-state index in [0.29, 0.717) is 12.8 Å².